The lowest BCUT2D eigenvalue weighted by Gasteiger charge is -2.06. The highest BCUT2D eigenvalue weighted by Crippen LogP contribution is 2.21. The third-order valence-corrected chi connectivity index (χ3v) is 4.39. The molecule has 0 spiro atoms. The van der Waals surface area contributed by atoms with Crippen molar-refractivity contribution in [3.63, 3.8) is 0 Å². The minimum Gasteiger partial charge on any atom is -0.497 e. The van der Waals surface area contributed by atoms with E-state index in [1.165, 1.54) is 0 Å². The number of benzene rings is 3. The molecule has 4 aromatic rings. The third-order valence-electron chi connectivity index (χ3n) is 4.06. The van der Waals surface area contributed by atoms with E-state index in [1.54, 1.807) is 48.3 Å². The molecule has 0 saturated heterocycles. The summed E-state index contributed by atoms with van der Waals surface area (Å²) < 4.78 is 5.16. The largest absolute Gasteiger partial charge is 0.497 e. The Morgan fingerprint density at radius 3 is 2.48 bits per heavy atom. The number of hydrogen-bond acceptors (Lipinski definition) is 4. The van der Waals surface area contributed by atoms with Gasteiger partial charge in [-0.3, -0.25) is 4.79 Å². The maximum atomic E-state index is 12.4. The summed E-state index contributed by atoms with van der Waals surface area (Å²) in [5, 5.41) is 12.2. The van der Waals surface area contributed by atoms with Gasteiger partial charge in [0.1, 0.15) is 16.8 Å². The van der Waals surface area contributed by atoms with Crippen LogP contribution in [0, 0.1) is 0 Å². The average molecular weight is 379 g/mol. The predicted molar refractivity (Wildman–Crippen MR) is 105 cm³/mol. The molecule has 1 amide bonds. The molecular weight excluding hydrogens is 364 g/mol. The fourth-order valence-electron chi connectivity index (χ4n) is 2.67. The maximum absolute atomic E-state index is 12.4. The summed E-state index contributed by atoms with van der Waals surface area (Å²) in [4.78, 5) is 14.0. The molecule has 0 bridgehead atoms. The van der Waals surface area contributed by atoms with Crippen molar-refractivity contribution in [1.29, 1.82) is 0 Å². The zero-order valence-electron chi connectivity index (χ0n) is 14.4. The van der Waals surface area contributed by atoms with Crippen molar-refractivity contribution in [2.75, 3.05) is 12.4 Å². The first-order valence-electron chi connectivity index (χ1n) is 8.21. The molecule has 0 saturated carbocycles. The number of anilines is 1. The van der Waals surface area contributed by atoms with Crippen LogP contribution in [0.1, 0.15) is 10.4 Å². The van der Waals surface area contributed by atoms with Crippen LogP contribution in [-0.4, -0.2) is 28.0 Å². The van der Waals surface area contributed by atoms with Crippen LogP contribution in [0.2, 0.25) is 5.02 Å². The summed E-state index contributed by atoms with van der Waals surface area (Å²) in [7, 11) is 1.62. The first-order chi connectivity index (χ1) is 13.1. The molecule has 1 N–H and O–H groups in total. The van der Waals surface area contributed by atoms with Gasteiger partial charge in [0.25, 0.3) is 5.91 Å². The molecule has 134 valence electrons. The molecule has 7 heteroatoms. The van der Waals surface area contributed by atoms with Crippen LogP contribution in [-0.2, 0) is 0 Å². The lowest BCUT2D eigenvalue weighted by molar-refractivity contribution is 0.102. The Labute approximate surface area is 160 Å². The van der Waals surface area contributed by atoms with Crippen LogP contribution in [0.4, 0.5) is 5.69 Å². The lowest BCUT2D eigenvalue weighted by Crippen LogP contribution is -2.12. The van der Waals surface area contributed by atoms with Crippen LogP contribution in [0.5, 0.6) is 5.75 Å². The average Bonchev–Trinajstić information content (AvgIpc) is 3.11. The Balaban J connectivity index is 1.60. The Hall–Kier alpha value is -3.38. The highest BCUT2D eigenvalue weighted by molar-refractivity contribution is 6.34. The fourth-order valence-corrected chi connectivity index (χ4v) is 2.89. The molecule has 0 unspecified atom stereocenters. The van der Waals surface area contributed by atoms with E-state index in [-0.39, 0.29) is 5.91 Å². The molecule has 0 aliphatic rings. The quantitative estimate of drug-likeness (QED) is 0.573. The number of fused-ring (bicyclic) bond motifs is 1. The minimum absolute atomic E-state index is 0.275. The number of hydrogen-bond donors (Lipinski definition) is 1. The van der Waals surface area contributed by atoms with Gasteiger partial charge in [-0.2, -0.15) is 4.80 Å². The summed E-state index contributed by atoms with van der Waals surface area (Å²) in [6, 6.07) is 19.7. The number of methoxy groups -OCH3 is 1. The van der Waals surface area contributed by atoms with E-state index in [4.69, 9.17) is 16.3 Å². The molecule has 1 aromatic heterocycles. The number of halogens is 1. The normalized spacial score (nSPS) is 10.7. The molecular formula is C20H15ClN4O2. The predicted octanol–water partition coefficient (Wildman–Crippen LogP) is 4.33. The number of amides is 1. The zero-order valence-corrected chi connectivity index (χ0v) is 15.1. The fraction of sp³-hybridized carbons (Fsp3) is 0.0500. The molecule has 0 aliphatic carbocycles. The van der Waals surface area contributed by atoms with Gasteiger partial charge >= 0.3 is 0 Å². The highest BCUT2D eigenvalue weighted by atomic mass is 35.5. The Morgan fingerprint density at radius 1 is 1.00 bits per heavy atom. The van der Waals surface area contributed by atoms with Gasteiger partial charge in [-0.05, 0) is 54.6 Å². The van der Waals surface area contributed by atoms with Crippen molar-refractivity contribution in [3.8, 4) is 11.4 Å². The van der Waals surface area contributed by atoms with E-state index in [2.05, 4.69) is 15.5 Å². The molecule has 0 radical (unpaired) electrons. The number of ether oxygens (including phenoxy) is 1. The first kappa shape index (κ1) is 17.1. The smallest absolute Gasteiger partial charge is 0.257 e. The molecule has 6 nitrogen and oxygen atoms in total. The van der Waals surface area contributed by atoms with Gasteiger partial charge in [0, 0.05) is 5.69 Å². The van der Waals surface area contributed by atoms with E-state index in [0.717, 1.165) is 17.0 Å². The summed E-state index contributed by atoms with van der Waals surface area (Å²) in [5.74, 6) is 0.488. The Morgan fingerprint density at radius 2 is 1.74 bits per heavy atom. The molecule has 4 rings (SSSR count). The Kier molecular flexibility index (Phi) is 4.48. The van der Waals surface area contributed by atoms with Crippen LogP contribution >= 0.6 is 11.6 Å². The van der Waals surface area contributed by atoms with Gasteiger partial charge in [-0.25, -0.2) is 0 Å². The number of rotatable bonds is 4. The van der Waals surface area contributed by atoms with Crippen molar-refractivity contribution in [3.05, 3.63) is 77.3 Å². The van der Waals surface area contributed by atoms with Gasteiger partial charge in [0.05, 0.1) is 23.4 Å². The van der Waals surface area contributed by atoms with Gasteiger partial charge in [-0.1, -0.05) is 23.7 Å². The molecule has 0 aliphatic heterocycles. The lowest BCUT2D eigenvalue weighted by atomic mass is 10.2. The van der Waals surface area contributed by atoms with Gasteiger partial charge in [0.2, 0.25) is 0 Å². The minimum atomic E-state index is -0.275. The number of nitrogens with one attached hydrogen (secondary N) is 1. The van der Waals surface area contributed by atoms with E-state index in [9.17, 15) is 4.79 Å². The monoisotopic (exact) mass is 378 g/mol. The van der Waals surface area contributed by atoms with Crippen molar-refractivity contribution >= 4 is 34.2 Å². The molecule has 0 fully saturated rings. The van der Waals surface area contributed by atoms with Gasteiger partial charge < -0.3 is 10.1 Å². The topological polar surface area (TPSA) is 69.0 Å². The third kappa shape index (κ3) is 3.47. The number of nitrogens with zero attached hydrogens (tertiary/aromatic N) is 3. The van der Waals surface area contributed by atoms with Gasteiger partial charge in [-0.15, -0.1) is 10.2 Å². The van der Waals surface area contributed by atoms with Crippen LogP contribution in [0.25, 0.3) is 16.7 Å². The number of carbonyl (C=O) groups excluding carboxylic acids is 1. The summed E-state index contributed by atoms with van der Waals surface area (Å²) >= 11 is 6.08. The summed E-state index contributed by atoms with van der Waals surface area (Å²) in [6.07, 6.45) is 0. The van der Waals surface area contributed by atoms with Crippen molar-refractivity contribution in [2.45, 2.75) is 0 Å². The van der Waals surface area contributed by atoms with E-state index in [1.807, 2.05) is 30.3 Å². The maximum Gasteiger partial charge on any atom is 0.257 e. The van der Waals surface area contributed by atoms with Crippen molar-refractivity contribution in [2.24, 2.45) is 0 Å². The highest BCUT2D eigenvalue weighted by Gasteiger charge is 2.11. The standard InChI is InChI=1S/C20H15ClN4O2/c1-27-15-9-7-14(8-10-15)25-23-18-11-6-13(12-19(18)24-25)22-20(26)16-4-2-3-5-17(16)21/h2-12H,1H3,(H,22,26). The second kappa shape index (κ2) is 7.09. The van der Waals surface area contributed by atoms with Crippen molar-refractivity contribution < 1.29 is 9.53 Å². The second-order valence-electron chi connectivity index (χ2n) is 5.82. The Bertz CT molecular complexity index is 1120. The molecule has 27 heavy (non-hydrogen) atoms. The van der Waals surface area contributed by atoms with Crippen LogP contribution in [0.15, 0.2) is 66.7 Å². The van der Waals surface area contributed by atoms with Gasteiger partial charge in [0.15, 0.2) is 0 Å². The van der Waals surface area contributed by atoms with E-state index < -0.39 is 0 Å². The zero-order chi connectivity index (χ0) is 18.8. The number of carbonyl (C=O) groups is 1. The molecule has 3 aromatic carbocycles. The van der Waals surface area contributed by atoms with E-state index >= 15 is 0 Å². The van der Waals surface area contributed by atoms with Crippen molar-refractivity contribution in [1.82, 2.24) is 15.0 Å². The first-order valence-corrected chi connectivity index (χ1v) is 8.59. The summed E-state index contributed by atoms with van der Waals surface area (Å²) in [5.41, 5.74) is 3.24. The second-order valence-corrected chi connectivity index (χ2v) is 6.23. The van der Waals surface area contributed by atoms with Crippen LogP contribution < -0.4 is 10.1 Å². The molecule has 1 heterocycles. The SMILES string of the molecule is COc1ccc(-n2nc3ccc(NC(=O)c4ccccc4Cl)cc3n2)cc1. The molecule has 0 atom stereocenters. The van der Waals surface area contributed by atoms with E-state index in [0.29, 0.717) is 21.8 Å². The number of aromatic nitrogens is 3. The summed E-state index contributed by atoms with van der Waals surface area (Å²) in [6.45, 7) is 0. The van der Waals surface area contributed by atoms with Crippen LogP contribution in [0.3, 0.4) is 0 Å².